The number of hydrogen-bond acceptors (Lipinski definition) is 29. The van der Waals surface area contributed by atoms with Crippen LogP contribution in [0.5, 0.6) is 28.7 Å². The minimum atomic E-state index is -4.18. The lowest BCUT2D eigenvalue weighted by Gasteiger charge is -2.14. The van der Waals surface area contributed by atoms with Crippen LogP contribution in [0.3, 0.4) is 0 Å². The number of rotatable bonds is 28. The quantitative estimate of drug-likeness (QED) is 0.0124. The fraction of sp³-hybridized carbons (Fsp3) is 0.0500. The van der Waals surface area contributed by atoms with E-state index in [1.165, 1.54) is 135 Å². The SMILES string of the molecule is COc1ccccc1NC(=O)c1c(N)cccc1Oc1ccc([N+](=O)[O-])cc1.COc1ccccc1NC(=O)c1c(N)cccc1S(=O)(=O)c1ccc([N+](=O)[O-])cc1.COc1ccccc1NC(=O)c1c(N)cccc1Sc1ccc([N+](=O)[O-])cc1.Cc1ccc(NC(=O)c2c(N)cccc2Sc2ccc([N+](=O)[O-])cc2)cc1.Cc1cccc(NC(=O)c2c(N)cccc2Sc2ccc([N+](=O)[O-])cc2)c1. The normalized spacial score (nSPS) is 10.5. The highest BCUT2D eigenvalue weighted by atomic mass is 32.2. The van der Waals surface area contributed by atoms with E-state index in [0.717, 1.165) is 50.1 Å². The largest absolute Gasteiger partial charge is 0.495 e. The molecule has 0 aliphatic rings. The highest BCUT2D eigenvalue weighted by Crippen LogP contribution is 2.41. The van der Waals surface area contributed by atoms with Crippen LogP contribution >= 0.6 is 35.3 Å². The Morgan fingerprint density at radius 2 is 0.586 bits per heavy atom. The van der Waals surface area contributed by atoms with Gasteiger partial charge in [0.05, 0.1) is 95.1 Å². The van der Waals surface area contributed by atoms with Crippen molar-refractivity contribution in [2.24, 2.45) is 0 Å². The van der Waals surface area contributed by atoms with Gasteiger partial charge in [0.2, 0.25) is 9.84 Å². The molecule has 15 rings (SSSR count). The molecule has 0 spiro atoms. The van der Waals surface area contributed by atoms with Crippen LogP contribution in [0, 0.1) is 64.4 Å². The van der Waals surface area contributed by atoms with Gasteiger partial charge < -0.3 is 74.2 Å². The van der Waals surface area contributed by atoms with Gasteiger partial charge in [-0.05, 0) is 201 Å². The third-order valence-corrected chi connectivity index (χ3v) is 24.8. The molecule has 0 aliphatic carbocycles. The maximum absolute atomic E-state index is 13.1. The van der Waals surface area contributed by atoms with E-state index in [4.69, 9.17) is 47.6 Å². The first-order valence-electron chi connectivity index (χ1n) is 41.3. The zero-order valence-corrected chi connectivity index (χ0v) is 77.8. The number of nitro benzene ring substituents is 5. The van der Waals surface area contributed by atoms with Gasteiger partial charge in [-0.15, -0.1) is 0 Å². The number of ether oxygens (including phenoxy) is 4. The molecule has 0 aromatic heterocycles. The van der Waals surface area contributed by atoms with E-state index in [1.807, 2.05) is 62.4 Å². The van der Waals surface area contributed by atoms with Crippen LogP contribution in [0.15, 0.2) is 373 Å². The zero-order chi connectivity index (χ0) is 101. The van der Waals surface area contributed by atoms with Crippen LogP contribution in [-0.4, -0.2) is 83.9 Å². The van der Waals surface area contributed by atoms with Crippen LogP contribution in [0.1, 0.15) is 62.9 Å². The molecule has 0 heterocycles. The molecular weight excluding hydrogens is 1880 g/mol. The highest BCUT2D eigenvalue weighted by molar-refractivity contribution is 8.00. The second-order valence-corrected chi connectivity index (χ2v) is 34.6. The van der Waals surface area contributed by atoms with Crippen molar-refractivity contribution in [2.75, 3.05) is 76.6 Å². The van der Waals surface area contributed by atoms with Crippen molar-refractivity contribution >= 4 is 160 Å². The first-order valence-corrected chi connectivity index (χ1v) is 45.3. The van der Waals surface area contributed by atoms with E-state index in [0.29, 0.717) is 99.9 Å². The molecule has 0 saturated heterocycles. The monoisotopic (exact) mass is 1960 g/mol. The molecule has 36 nitrogen and oxygen atoms in total. The smallest absolute Gasteiger partial charge is 0.269 e. The van der Waals surface area contributed by atoms with Gasteiger partial charge in [-0.2, -0.15) is 0 Å². The van der Waals surface area contributed by atoms with E-state index >= 15 is 0 Å². The van der Waals surface area contributed by atoms with Gasteiger partial charge in [0.1, 0.15) is 34.3 Å². The Balaban J connectivity index is 0.000000167. The molecule has 0 bridgehead atoms. The average molecular weight is 1960 g/mol. The van der Waals surface area contributed by atoms with Crippen molar-refractivity contribution < 1.29 is 76.0 Å². The van der Waals surface area contributed by atoms with E-state index in [9.17, 15) is 83.0 Å². The number of nitrogens with two attached hydrogens (primary N) is 5. The zero-order valence-electron chi connectivity index (χ0n) is 74.6. The minimum Gasteiger partial charge on any atom is -0.495 e. The molecule has 0 aliphatic heterocycles. The van der Waals surface area contributed by atoms with E-state index < -0.39 is 46.3 Å². The number of non-ortho nitro benzene ring substituents is 5. The molecule has 0 radical (unpaired) electrons. The van der Waals surface area contributed by atoms with E-state index in [2.05, 4.69) is 26.6 Å². The van der Waals surface area contributed by atoms with Crippen molar-refractivity contribution in [1.82, 2.24) is 0 Å². The standard InChI is InChI=1S/C20H17N3O6S.C20H17N3O5.C20H17N3O4S.2C20H17N3O3S/c1-29-17-7-3-2-6-16(17)22-20(24)19-15(21)5-4-8-18(19)30(27,28)14-11-9-13(10-12-14)23(25)26;2*1-27-17-7-3-2-6-16(17)22-20(24)19-15(21)5-4-8-18(19)28-14-11-9-13(10-12-14)23(25)26;1-13-4-2-5-14(12-13)22-20(24)19-17(21)6-3-7-18(19)27-16-10-8-15(9-11-16)23(25)26;1-13-5-7-14(8-6-13)22-20(24)19-17(21)3-2-4-18(19)27-16-11-9-15(10-12-16)23(25)26/h2-12H,21H2,1H3,(H,22,24);2*2-12H,21H2,1H3,(H,22,24);2*2-12H,21H2,1H3,(H,22,24). The molecule has 0 fully saturated rings. The number of aryl methyl sites for hydroxylation is 2. The third kappa shape index (κ3) is 27.3. The number of amides is 5. The molecule has 0 atom stereocenters. The summed E-state index contributed by atoms with van der Waals surface area (Å²) in [6, 6.07) is 88.5. The van der Waals surface area contributed by atoms with Crippen molar-refractivity contribution in [1.29, 1.82) is 0 Å². The van der Waals surface area contributed by atoms with Crippen LogP contribution < -0.4 is 74.2 Å². The number of carbonyl (C=O) groups is 5. The number of hydrogen-bond donors (Lipinski definition) is 10. The summed E-state index contributed by atoms with van der Waals surface area (Å²) in [6.07, 6.45) is 0. The summed E-state index contributed by atoms with van der Waals surface area (Å²) >= 11 is 3.96. The van der Waals surface area contributed by atoms with Crippen molar-refractivity contribution in [3.8, 4) is 28.7 Å². The van der Waals surface area contributed by atoms with Gasteiger partial charge in [-0.1, -0.05) is 132 Å². The summed E-state index contributed by atoms with van der Waals surface area (Å²) in [6.45, 7) is 3.92. The number of nitrogen functional groups attached to an aromatic ring is 5. The van der Waals surface area contributed by atoms with Gasteiger partial charge in [0.15, 0.2) is 0 Å². The summed E-state index contributed by atoms with van der Waals surface area (Å²) in [7, 11) is 0.285. The first-order chi connectivity index (χ1) is 67.1. The number of benzene rings is 15. The summed E-state index contributed by atoms with van der Waals surface area (Å²) in [5.74, 6) is -0.198. The topological polar surface area (TPSA) is 562 Å². The van der Waals surface area contributed by atoms with Crippen LogP contribution in [0.25, 0.3) is 0 Å². The number of methoxy groups -OCH3 is 3. The van der Waals surface area contributed by atoms with Crippen molar-refractivity contribution in [2.45, 2.75) is 53.0 Å². The molecule has 140 heavy (non-hydrogen) atoms. The van der Waals surface area contributed by atoms with Gasteiger partial charge >= 0.3 is 0 Å². The van der Waals surface area contributed by atoms with Crippen LogP contribution in [0.2, 0.25) is 0 Å². The van der Waals surface area contributed by atoms with Crippen LogP contribution in [-0.2, 0) is 9.84 Å². The lowest BCUT2D eigenvalue weighted by molar-refractivity contribution is -0.385. The fourth-order valence-corrected chi connectivity index (χ4v) is 17.4. The number of nitrogens with one attached hydrogen (secondary N) is 5. The van der Waals surface area contributed by atoms with Crippen molar-refractivity contribution in [3.63, 3.8) is 0 Å². The third-order valence-electron chi connectivity index (χ3n) is 19.8. The minimum absolute atomic E-state index is 0.00562. The average Bonchev–Trinajstić information content (AvgIpc) is 0.766. The van der Waals surface area contributed by atoms with Gasteiger partial charge in [0, 0.05) is 130 Å². The molecular formula is C100H85N15O21S4. The molecule has 0 unspecified atom stereocenters. The molecule has 0 saturated carbocycles. The predicted molar refractivity (Wildman–Crippen MR) is 539 cm³/mol. The number of nitrogens with zero attached hydrogens (tertiary/aromatic N) is 5. The lowest BCUT2D eigenvalue weighted by atomic mass is 10.1. The number of anilines is 10. The number of nitro groups is 5. The van der Waals surface area contributed by atoms with E-state index in [1.54, 1.807) is 182 Å². The molecule has 15 aromatic rings. The Hall–Kier alpha value is -18.2. The Bertz CT molecular complexity index is 7080. The van der Waals surface area contributed by atoms with E-state index in [-0.39, 0.29) is 84.2 Å². The fourth-order valence-electron chi connectivity index (χ4n) is 13.0. The Morgan fingerprint density at radius 3 is 0.950 bits per heavy atom. The Morgan fingerprint density at radius 1 is 0.293 bits per heavy atom. The lowest BCUT2D eigenvalue weighted by Crippen LogP contribution is -2.19. The summed E-state index contributed by atoms with van der Waals surface area (Å²) in [4.78, 5) is 120. The molecule has 15 N–H and O–H groups in total. The Kier molecular flexibility index (Phi) is 35.2. The molecule has 40 heteroatoms. The van der Waals surface area contributed by atoms with Crippen molar-refractivity contribution in [3.05, 3.63) is 423 Å². The number of para-hydroxylation sites is 6. The second kappa shape index (κ2) is 48.2. The molecule has 15 aromatic carbocycles. The summed E-state index contributed by atoms with van der Waals surface area (Å²) < 4.78 is 47.7. The second-order valence-electron chi connectivity index (χ2n) is 29.4. The first kappa shape index (κ1) is 102. The summed E-state index contributed by atoms with van der Waals surface area (Å²) in [5, 5.41) is 67.9. The maximum Gasteiger partial charge on any atom is 0.269 e. The molecule has 5 amide bonds. The summed E-state index contributed by atoms with van der Waals surface area (Å²) in [5.41, 5.74) is 37.0. The maximum atomic E-state index is 13.1. The highest BCUT2D eigenvalue weighted by Gasteiger charge is 2.30. The van der Waals surface area contributed by atoms with Gasteiger partial charge in [-0.3, -0.25) is 74.5 Å². The molecule has 710 valence electrons. The van der Waals surface area contributed by atoms with Crippen LogP contribution in [0.4, 0.5) is 85.3 Å². The number of sulfone groups is 1. The van der Waals surface area contributed by atoms with Gasteiger partial charge in [0.25, 0.3) is 58.0 Å². The Labute approximate surface area is 812 Å². The predicted octanol–water partition coefficient (Wildman–Crippen LogP) is 21.9. The number of carbonyl (C=O) groups excluding carboxylic acids is 5. The van der Waals surface area contributed by atoms with Gasteiger partial charge in [-0.25, -0.2) is 8.42 Å².